The lowest BCUT2D eigenvalue weighted by atomic mass is 10.2. The average molecular weight is 236 g/mol. The molecule has 0 aromatic heterocycles. The van der Waals surface area contributed by atoms with Crippen LogP contribution < -0.4 is 0 Å². The Hall–Kier alpha value is -0.386. The molecule has 0 N–H and O–H groups in total. The normalized spacial score (nSPS) is 27.9. The highest BCUT2D eigenvalue weighted by Gasteiger charge is 2.49. The third-order valence-corrected chi connectivity index (χ3v) is 11.6. The second kappa shape index (κ2) is 3.58. The lowest BCUT2D eigenvalue weighted by Crippen LogP contribution is -2.36. The predicted octanol–water partition coefficient (Wildman–Crippen LogP) is 3.75. The molecule has 1 fully saturated rings. The fraction of sp³-hybridized carbons (Fsp3) is 0.500. The van der Waals surface area contributed by atoms with E-state index in [4.69, 9.17) is 4.12 Å². The summed E-state index contributed by atoms with van der Waals surface area (Å²) in [6.45, 7) is 9.44. The van der Waals surface area contributed by atoms with Crippen LogP contribution in [-0.4, -0.2) is 16.6 Å². The van der Waals surface area contributed by atoms with E-state index in [9.17, 15) is 0 Å². The van der Waals surface area contributed by atoms with E-state index in [2.05, 4.69) is 56.5 Å². The van der Waals surface area contributed by atoms with E-state index in [1.54, 1.807) is 0 Å². The van der Waals surface area contributed by atoms with Crippen LogP contribution in [0.3, 0.4) is 0 Å². The van der Waals surface area contributed by atoms with Gasteiger partial charge in [-0.25, -0.2) is 0 Å². The van der Waals surface area contributed by atoms with Crippen molar-refractivity contribution in [3.05, 3.63) is 35.9 Å². The molecule has 0 bridgehead atoms. The van der Waals surface area contributed by atoms with Crippen molar-refractivity contribution < 1.29 is 4.12 Å². The summed E-state index contributed by atoms with van der Waals surface area (Å²) in [5.74, 6) is 0. The first-order valence-corrected chi connectivity index (χ1v) is 11.8. The molecule has 0 spiro atoms. The molecule has 0 aliphatic carbocycles. The molecular weight excluding hydrogens is 216 g/mol. The first-order chi connectivity index (χ1) is 6.91. The number of hydrogen-bond donors (Lipinski definition) is 0. The van der Waals surface area contributed by atoms with Gasteiger partial charge in [0.25, 0.3) is 0 Å². The lowest BCUT2D eigenvalue weighted by Gasteiger charge is -2.25. The van der Waals surface area contributed by atoms with E-state index in [0.29, 0.717) is 5.54 Å². The minimum atomic E-state index is -1.48. The van der Waals surface area contributed by atoms with Crippen LogP contribution in [-0.2, 0) is 4.12 Å². The molecule has 0 saturated carbocycles. The van der Waals surface area contributed by atoms with Gasteiger partial charge in [0, 0.05) is 5.54 Å². The monoisotopic (exact) mass is 236 g/mol. The summed E-state index contributed by atoms with van der Waals surface area (Å²) in [6, 6.07) is 12.2. The maximum absolute atomic E-state index is 6.38. The van der Waals surface area contributed by atoms with Crippen LogP contribution >= 0.6 is 0 Å². The Morgan fingerprint density at radius 3 is 2.13 bits per heavy atom. The van der Waals surface area contributed by atoms with E-state index in [1.165, 1.54) is 11.6 Å². The molecule has 1 aromatic rings. The zero-order valence-corrected chi connectivity index (χ0v) is 12.1. The van der Waals surface area contributed by atoms with Crippen LogP contribution in [0.5, 0.6) is 0 Å². The summed E-state index contributed by atoms with van der Waals surface area (Å²) in [5, 5.41) is 0. The van der Waals surface area contributed by atoms with Crippen LogP contribution in [0.25, 0.3) is 0 Å². The Bertz CT molecular complexity index is 346. The van der Waals surface area contributed by atoms with E-state index in [1.807, 2.05) is 0 Å². The number of benzene rings is 1. The molecule has 2 rings (SSSR count). The molecule has 1 unspecified atom stereocenters. The van der Waals surface area contributed by atoms with Gasteiger partial charge in [-0.1, -0.05) is 30.3 Å². The van der Waals surface area contributed by atoms with Gasteiger partial charge in [0.05, 0.1) is 0 Å². The van der Waals surface area contributed by atoms with Gasteiger partial charge in [0.1, 0.15) is 0 Å². The van der Waals surface area contributed by atoms with Crippen LogP contribution in [0.1, 0.15) is 11.1 Å². The van der Waals surface area contributed by atoms with Crippen molar-refractivity contribution >= 4 is 16.6 Å². The van der Waals surface area contributed by atoms with Crippen molar-refractivity contribution in [2.75, 3.05) is 0 Å². The first kappa shape index (κ1) is 11.1. The van der Waals surface area contributed by atoms with Gasteiger partial charge < -0.3 is 4.12 Å². The van der Waals surface area contributed by atoms with Crippen LogP contribution in [0.15, 0.2) is 30.3 Å². The minimum absolute atomic E-state index is 0.709. The van der Waals surface area contributed by atoms with Crippen molar-refractivity contribution in [3.63, 3.8) is 0 Å². The van der Waals surface area contributed by atoms with Crippen molar-refractivity contribution in [1.82, 2.24) is 0 Å². The molecule has 1 heterocycles. The second-order valence-corrected chi connectivity index (χ2v) is 14.3. The third kappa shape index (κ3) is 2.24. The fourth-order valence-electron chi connectivity index (χ4n) is 2.77. The molecule has 15 heavy (non-hydrogen) atoms. The third-order valence-electron chi connectivity index (χ3n) is 3.28. The predicted molar refractivity (Wildman–Crippen MR) is 70.0 cm³/mol. The Morgan fingerprint density at radius 2 is 1.67 bits per heavy atom. The van der Waals surface area contributed by atoms with E-state index in [0.717, 1.165) is 0 Å². The maximum Gasteiger partial charge on any atom is 0.180 e. The maximum atomic E-state index is 6.38. The summed E-state index contributed by atoms with van der Waals surface area (Å²) in [4.78, 5) is 0. The number of hydrogen-bond acceptors (Lipinski definition) is 1. The van der Waals surface area contributed by atoms with Gasteiger partial charge in [-0.3, -0.25) is 0 Å². The summed E-state index contributed by atoms with van der Waals surface area (Å²) >= 11 is 0. The van der Waals surface area contributed by atoms with Crippen LogP contribution in [0.2, 0.25) is 32.2 Å². The Morgan fingerprint density at radius 1 is 1.07 bits per heavy atom. The fourth-order valence-corrected chi connectivity index (χ4v) is 15.0. The average Bonchev–Trinajstić information content (AvgIpc) is 2.36. The molecule has 1 nitrogen and oxygen atoms in total. The van der Waals surface area contributed by atoms with Crippen molar-refractivity contribution in [1.29, 1.82) is 0 Å². The molecule has 1 atom stereocenters. The second-order valence-electron chi connectivity index (χ2n) is 5.63. The van der Waals surface area contributed by atoms with Gasteiger partial charge in [-0.15, -0.1) is 0 Å². The topological polar surface area (TPSA) is 9.23 Å². The van der Waals surface area contributed by atoms with Crippen LogP contribution in [0, 0.1) is 0 Å². The first-order valence-electron chi connectivity index (χ1n) is 5.66. The quantitative estimate of drug-likeness (QED) is 0.675. The summed E-state index contributed by atoms with van der Waals surface area (Å²) in [5.41, 5.74) is 2.20. The summed E-state index contributed by atoms with van der Waals surface area (Å²) < 4.78 is 6.38. The highest BCUT2D eigenvalue weighted by Crippen LogP contribution is 2.43. The minimum Gasteiger partial charge on any atom is -0.455 e. The summed E-state index contributed by atoms with van der Waals surface area (Å²) in [7, 11) is -2.84. The Labute approximate surface area is 94.7 Å². The molecule has 0 amide bonds. The molecule has 1 aromatic carbocycles. The number of rotatable bonds is 1. The molecular formula is C12H20OSi2. The largest absolute Gasteiger partial charge is 0.455 e. The van der Waals surface area contributed by atoms with Crippen molar-refractivity contribution in [2.45, 2.75) is 37.8 Å². The Kier molecular flexibility index (Phi) is 2.65. The van der Waals surface area contributed by atoms with Gasteiger partial charge >= 0.3 is 0 Å². The van der Waals surface area contributed by atoms with Gasteiger partial charge in [-0.05, 0) is 37.8 Å². The van der Waals surface area contributed by atoms with Gasteiger partial charge in [-0.2, -0.15) is 0 Å². The molecule has 1 aliphatic heterocycles. The van der Waals surface area contributed by atoms with Gasteiger partial charge in [0.2, 0.25) is 0 Å². The lowest BCUT2D eigenvalue weighted by molar-refractivity contribution is 0.571. The van der Waals surface area contributed by atoms with Crippen molar-refractivity contribution in [3.8, 4) is 0 Å². The highest BCUT2D eigenvalue weighted by molar-refractivity contribution is 6.90. The van der Waals surface area contributed by atoms with Gasteiger partial charge in [0.15, 0.2) is 16.6 Å². The van der Waals surface area contributed by atoms with E-state index in [-0.39, 0.29) is 0 Å². The van der Waals surface area contributed by atoms with E-state index >= 15 is 0 Å². The molecule has 82 valence electrons. The summed E-state index contributed by atoms with van der Waals surface area (Å²) in [6.07, 6.45) is 0. The standard InChI is InChI=1S/C12H20OSi2/c1-14(2)10-12(15(3,4)13-14)11-8-6-5-7-9-11/h5-9,12H,10H2,1-4H3. The van der Waals surface area contributed by atoms with E-state index < -0.39 is 16.6 Å². The van der Waals surface area contributed by atoms with Crippen molar-refractivity contribution in [2.24, 2.45) is 0 Å². The molecule has 3 heteroatoms. The smallest absolute Gasteiger partial charge is 0.180 e. The molecule has 1 saturated heterocycles. The zero-order valence-electron chi connectivity index (χ0n) is 10.1. The van der Waals surface area contributed by atoms with Crippen LogP contribution in [0.4, 0.5) is 0 Å². The molecule has 0 radical (unpaired) electrons. The Balaban J connectivity index is 2.31. The zero-order chi connectivity index (χ0) is 11.1. The SMILES string of the molecule is C[Si]1(C)CC(c2ccccc2)[Si](C)(C)O1. The molecule has 1 aliphatic rings. The highest BCUT2D eigenvalue weighted by atomic mass is 28.4.